The largest absolute Gasteiger partial charge is 0.368 e. The number of nitrogens with one attached hydrogen (secondary N) is 2. The lowest BCUT2D eigenvalue weighted by atomic mass is 9.79. The number of nitrogens with two attached hydrogens (primary N) is 1. The summed E-state index contributed by atoms with van der Waals surface area (Å²) in [6.07, 6.45) is 7.85. The third-order valence-corrected chi connectivity index (χ3v) is 7.47. The molecule has 0 aromatic heterocycles. The van der Waals surface area contributed by atoms with Gasteiger partial charge in [0.05, 0.1) is 5.54 Å². The second-order valence-corrected chi connectivity index (χ2v) is 9.62. The molecule has 8 heteroatoms. The van der Waals surface area contributed by atoms with Gasteiger partial charge in [-0.15, -0.1) is 0 Å². The number of amides is 4. The first-order valence-corrected chi connectivity index (χ1v) is 12.2. The average Bonchev–Trinajstić information content (AvgIpc) is 3.13. The number of carbonyl (C=O) groups excluding carboxylic acids is 4. The summed E-state index contributed by atoms with van der Waals surface area (Å²) in [6.45, 7) is 2.45. The first-order chi connectivity index (χ1) is 15.9. The van der Waals surface area contributed by atoms with Crippen molar-refractivity contribution in [3.05, 3.63) is 34.9 Å². The summed E-state index contributed by atoms with van der Waals surface area (Å²) < 4.78 is 0. The smallest absolute Gasteiger partial charge is 0.255 e. The van der Waals surface area contributed by atoms with Crippen LogP contribution in [0.25, 0.3) is 0 Å². The van der Waals surface area contributed by atoms with Gasteiger partial charge >= 0.3 is 0 Å². The molecule has 178 valence electrons. The van der Waals surface area contributed by atoms with Crippen molar-refractivity contribution in [3.63, 3.8) is 0 Å². The molecule has 1 aromatic rings. The average molecular weight is 455 g/mol. The number of benzene rings is 1. The maximum Gasteiger partial charge on any atom is 0.255 e. The van der Waals surface area contributed by atoms with E-state index in [1.54, 1.807) is 11.0 Å². The highest BCUT2D eigenvalue weighted by molar-refractivity contribution is 6.05. The molecule has 0 radical (unpaired) electrons. The number of primary amides is 1. The van der Waals surface area contributed by atoms with Crippen molar-refractivity contribution < 1.29 is 19.2 Å². The number of fused-ring (bicyclic) bond motifs is 1. The highest BCUT2D eigenvalue weighted by atomic mass is 16.2. The van der Waals surface area contributed by atoms with Crippen molar-refractivity contribution in [2.75, 3.05) is 0 Å². The van der Waals surface area contributed by atoms with E-state index in [0.717, 1.165) is 62.5 Å². The van der Waals surface area contributed by atoms with Crippen LogP contribution in [-0.4, -0.2) is 40.1 Å². The number of piperidine rings is 1. The summed E-state index contributed by atoms with van der Waals surface area (Å²) in [7, 11) is 0. The summed E-state index contributed by atoms with van der Waals surface area (Å²) in [5.74, 6) is -1.20. The van der Waals surface area contributed by atoms with E-state index < -0.39 is 17.5 Å². The molecule has 1 aromatic carbocycles. The number of rotatable bonds is 8. The van der Waals surface area contributed by atoms with Gasteiger partial charge in [0, 0.05) is 24.6 Å². The molecule has 33 heavy (non-hydrogen) atoms. The Morgan fingerprint density at radius 1 is 1.24 bits per heavy atom. The van der Waals surface area contributed by atoms with Gasteiger partial charge in [-0.2, -0.15) is 0 Å². The van der Waals surface area contributed by atoms with Gasteiger partial charge < -0.3 is 10.6 Å². The molecule has 4 N–H and O–H groups in total. The van der Waals surface area contributed by atoms with E-state index in [1.807, 2.05) is 12.1 Å². The van der Waals surface area contributed by atoms with Gasteiger partial charge in [-0.3, -0.25) is 29.8 Å². The molecule has 4 amide bonds. The van der Waals surface area contributed by atoms with Gasteiger partial charge in [0.15, 0.2) is 0 Å². The van der Waals surface area contributed by atoms with Crippen molar-refractivity contribution in [3.8, 4) is 0 Å². The lowest BCUT2D eigenvalue weighted by molar-refractivity contribution is -0.137. The highest BCUT2D eigenvalue weighted by Gasteiger charge is 2.43. The minimum atomic E-state index is -0.731. The maximum atomic E-state index is 13.2. The summed E-state index contributed by atoms with van der Waals surface area (Å²) >= 11 is 0. The first kappa shape index (κ1) is 23.4. The van der Waals surface area contributed by atoms with Gasteiger partial charge in [0.1, 0.15) is 6.04 Å². The molecule has 1 saturated carbocycles. The van der Waals surface area contributed by atoms with Crippen molar-refractivity contribution in [2.24, 2.45) is 5.73 Å². The number of hydrogen-bond donors (Lipinski definition) is 3. The summed E-state index contributed by atoms with van der Waals surface area (Å²) in [4.78, 5) is 51.4. The Morgan fingerprint density at radius 2 is 2.00 bits per heavy atom. The Morgan fingerprint density at radius 3 is 2.67 bits per heavy atom. The van der Waals surface area contributed by atoms with E-state index >= 15 is 0 Å². The molecular formula is C25H34N4O4. The predicted molar refractivity (Wildman–Crippen MR) is 123 cm³/mol. The van der Waals surface area contributed by atoms with Gasteiger partial charge in [0.2, 0.25) is 17.7 Å². The quantitative estimate of drug-likeness (QED) is 0.521. The zero-order valence-corrected chi connectivity index (χ0v) is 19.3. The van der Waals surface area contributed by atoms with E-state index in [4.69, 9.17) is 5.73 Å². The minimum Gasteiger partial charge on any atom is -0.368 e. The number of nitrogens with zero attached hydrogens (tertiary/aromatic N) is 1. The minimum absolute atomic E-state index is 0.111. The van der Waals surface area contributed by atoms with Crippen molar-refractivity contribution >= 4 is 23.6 Å². The second kappa shape index (κ2) is 9.63. The first-order valence-electron chi connectivity index (χ1n) is 12.2. The van der Waals surface area contributed by atoms with Crippen LogP contribution in [0.2, 0.25) is 0 Å². The Hall–Kier alpha value is -2.74. The molecule has 2 aliphatic heterocycles. The van der Waals surface area contributed by atoms with E-state index in [-0.39, 0.29) is 30.2 Å². The fourth-order valence-electron chi connectivity index (χ4n) is 5.60. The fraction of sp³-hybridized carbons (Fsp3) is 0.600. The number of hydrogen-bond acceptors (Lipinski definition) is 5. The van der Waals surface area contributed by atoms with Crippen molar-refractivity contribution in [2.45, 2.75) is 95.3 Å². The van der Waals surface area contributed by atoms with Crippen LogP contribution in [0.15, 0.2) is 18.2 Å². The Balaban J connectivity index is 1.64. The summed E-state index contributed by atoms with van der Waals surface area (Å²) in [5, 5.41) is 6.00. The molecule has 8 nitrogen and oxygen atoms in total. The van der Waals surface area contributed by atoms with E-state index in [9.17, 15) is 19.2 Å². The standard InChI is InChI=1S/C25H34N4O4/c1-2-3-10-19(28-25(24(26)33)13-5-4-6-14-25)16-8-7-9-17-18(16)15-29(23(17)32)20-11-12-21(30)27-22(20)31/h7-9,19-20,28H,2-6,10-15H2,1H3,(H2,26,33)(H,27,30,31)/t19-,20-/m0/s1. The molecule has 2 atom stereocenters. The molecular weight excluding hydrogens is 420 g/mol. The van der Waals surface area contributed by atoms with Crippen LogP contribution in [0.4, 0.5) is 0 Å². The lowest BCUT2D eigenvalue weighted by Crippen LogP contribution is -2.57. The monoisotopic (exact) mass is 454 g/mol. The van der Waals surface area contributed by atoms with Crippen LogP contribution in [0.1, 0.15) is 98.7 Å². The molecule has 0 spiro atoms. The molecule has 0 unspecified atom stereocenters. The van der Waals surface area contributed by atoms with Gasteiger partial charge in [-0.1, -0.05) is 51.2 Å². The normalized spacial score (nSPS) is 23.2. The van der Waals surface area contributed by atoms with Crippen molar-refractivity contribution in [1.29, 1.82) is 0 Å². The van der Waals surface area contributed by atoms with E-state index in [2.05, 4.69) is 17.6 Å². The van der Waals surface area contributed by atoms with Gasteiger partial charge in [0.25, 0.3) is 5.91 Å². The molecule has 2 heterocycles. The number of carbonyl (C=O) groups is 4. The highest BCUT2D eigenvalue weighted by Crippen LogP contribution is 2.37. The Labute approximate surface area is 194 Å². The maximum absolute atomic E-state index is 13.2. The predicted octanol–water partition coefficient (Wildman–Crippen LogP) is 2.46. The SMILES string of the molecule is CCCC[C@H](NC1(C(N)=O)CCCCC1)c1cccc2c1CN([C@H]1CCC(=O)NC1=O)C2=O. The second-order valence-electron chi connectivity index (χ2n) is 9.62. The zero-order valence-electron chi connectivity index (χ0n) is 19.3. The third-order valence-electron chi connectivity index (χ3n) is 7.47. The van der Waals surface area contributed by atoms with E-state index in [1.165, 1.54) is 0 Å². The molecule has 4 rings (SSSR count). The van der Waals surface area contributed by atoms with Crippen LogP contribution in [0.5, 0.6) is 0 Å². The molecule has 1 aliphatic carbocycles. The number of unbranched alkanes of at least 4 members (excludes halogenated alkanes) is 1. The van der Waals surface area contributed by atoms with Crippen LogP contribution < -0.4 is 16.4 Å². The molecule has 2 fully saturated rings. The summed E-state index contributed by atoms with van der Waals surface area (Å²) in [6, 6.07) is 4.94. The van der Waals surface area contributed by atoms with Gasteiger partial charge in [-0.05, 0) is 42.9 Å². The number of imide groups is 1. The van der Waals surface area contributed by atoms with Gasteiger partial charge in [-0.25, -0.2) is 0 Å². The fourth-order valence-corrected chi connectivity index (χ4v) is 5.60. The topological polar surface area (TPSA) is 122 Å². The Bertz CT molecular complexity index is 954. The van der Waals surface area contributed by atoms with Crippen LogP contribution in [0.3, 0.4) is 0 Å². The molecule has 0 bridgehead atoms. The third kappa shape index (κ3) is 4.53. The van der Waals surface area contributed by atoms with Crippen LogP contribution in [0, 0.1) is 0 Å². The lowest BCUT2D eigenvalue weighted by Gasteiger charge is -2.39. The molecule has 3 aliphatic rings. The van der Waals surface area contributed by atoms with Crippen LogP contribution in [-0.2, 0) is 20.9 Å². The van der Waals surface area contributed by atoms with E-state index in [0.29, 0.717) is 18.5 Å². The van der Waals surface area contributed by atoms with Crippen LogP contribution >= 0.6 is 0 Å². The molecule has 1 saturated heterocycles. The van der Waals surface area contributed by atoms with Crippen molar-refractivity contribution in [1.82, 2.24) is 15.5 Å². The zero-order chi connectivity index (χ0) is 23.6. The Kier molecular flexibility index (Phi) is 6.83. The summed E-state index contributed by atoms with van der Waals surface area (Å²) in [5.41, 5.74) is 7.66.